The fourth-order valence-electron chi connectivity index (χ4n) is 4.74. The molecule has 2 saturated carbocycles. The molecule has 0 aromatic carbocycles. The van der Waals surface area contributed by atoms with Crippen LogP contribution < -0.4 is 0 Å². The predicted octanol–water partition coefficient (Wildman–Crippen LogP) is 2.24. The highest BCUT2D eigenvalue weighted by atomic mass is 32.2. The number of carbonyl (C=O) groups is 1. The molecule has 0 unspecified atom stereocenters. The lowest BCUT2D eigenvalue weighted by molar-refractivity contribution is -0.134. The second kappa shape index (κ2) is 5.90. The number of rotatable bonds is 5. The Bertz CT molecular complexity index is 502. The van der Waals surface area contributed by atoms with E-state index < -0.39 is 9.84 Å². The van der Waals surface area contributed by atoms with Crippen LogP contribution in [0.1, 0.15) is 51.9 Å². The number of amides is 1. The molecule has 1 heterocycles. The van der Waals surface area contributed by atoms with Crippen LogP contribution in [0.25, 0.3) is 0 Å². The van der Waals surface area contributed by atoms with Crippen LogP contribution in [0.3, 0.4) is 0 Å². The van der Waals surface area contributed by atoms with Crippen molar-refractivity contribution in [2.75, 3.05) is 18.1 Å². The Labute approximate surface area is 128 Å². The molecule has 0 spiro atoms. The molecule has 0 radical (unpaired) electrons. The van der Waals surface area contributed by atoms with Crippen molar-refractivity contribution in [3.63, 3.8) is 0 Å². The molecule has 1 amide bonds. The van der Waals surface area contributed by atoms with E-state index >= 15 is 0 Å². The summed E-state index contributed by atoms with van der Waals surface area (Å²) < 4.78 is 23.4. The molecule has 0 N–H and O–H groups in total. The van der Waals surface area contributed by atoms with Crippen LogP contribution in [-0.2, 0) is 14.6 Å². The van der Waals surface area contributed by atoms with E-state index in [1.807, 2.05) is 4.90 Å². The molecule has 1 saturated heterocycles. The third-order valence-corrected chi connectivity index (χ3v) is 7.51. The first-order valence-electron chi connectivity index (χ1n) is 8.48. The Hall–Kier alpha value is -0.580. The van der Waals surface area contributed by atoms with Gasteiger partial charge in [0.1, 0.15) is 0 Å². The van der Waals surface area contributed by atoms with Crippen LogP contribution >= 0.6 is 0 Å². The molecule has 5 heteroatoms. The van der Waals surface area contributed by atoms with Crippen LogP contribution in [0.4, 0.5) is 0 Å². The van der Waals surface area contributed by atoms with E-state index in [0.29, 0.717) is 25.3 Å². The summed E-state index contributed by atoms with van der Waals surface area (Å²) in [6.45, 7) is 2.76. The van der Waals surface area contributed by atoms with Gasteiger partial charge in [-0.25, -0.2) is 8.42 Å². The summed E-state index contributed by atoms with van der Waals surface area (Å²) in [4.78, 5) is 14.6. The van der Waals surface area contributed by atoms with Gasteiger partial charge in [-0.15, -0.1) is 0 Å². The van der Waals surface area contributed by atoms with E-state index in [1.54, 1.807) is 0 Å². The summed E-state index contributed by atoms with van der Waals surface area (Å²) in [5.74, 6) is 2.81. The summed E-state index contributed by atoms with van der Waals surface area (Å²) in [7, 11) is -2.92. The summed E-state index contributed by atoms with van der Waals surface area (Å²) in [6.07, 6.45) is 7.38. The van der Waals surface area contributed by atoms with Gasteiger partial charge in [0.25, 0.3) is 0 Å². The van der Waals surface area contributed by atoms with Crippen LogP contribution in [-0.4, -0.2) is 43.3 Å². The van der Waals surface area contributed by atoms with Gasteiger partial charge in [-0.2, -0.15) is 0 Å². The molecule has 2 bridgehead atoms. The van der Waals surface area contributed by atoms with Crippen LogP contribution in [0.15, 0.2) is 0 Å². The predicted molar refractivity (Wildman–Crippen MR) is 82.6 cm³/mol. The lowest BCUT2D eigenvalue weighted by atomic mass is 9.86. The number of sulfone groups is 1. The fourth-order valence-corrected chi connectivity index (χ4v) is 6.47. The van der Waals surface area contributed by atoms with Gasteiger partial charge in [0.2, 0.25) is 5.91 Å². The van der Waals surface area contributed by atoms with Crippen LogP contribution in [0, 0.1) is 17.8 Å². The van der Waals surface area contributed by atoms with Gasteiger partial charge >= 0.3 is 0 Å². The van der Waals surface area contributed by atoms with Crippen molar-refractivity contribution in [2.24, 2.45) is 17.8 Å². The van der Waals surface area contributed by atoms with Gasteiger partial charge in [-0.05, 0) is 49.9 Å². The molecule has 3 fully saturated rings. The number of carbonyl (C=O) groups excluding carboxylic acids is 1. The van der Waals surface area contributed by atoms with Crippen molar-refractivity contribution in [1.29, 1.82) is 0 Å². The molecule has 3 aliphatic rings. The average molecular weight is 313 g/mol. The normalized spacial score (nSPS) is 37.0. The SMILES string of the molecule is CCCN(C(=O)C[C@H]1C[C@H]2CC[C@H]1C2)[C@H]1CCS(=O)(=O)C1. The molecule has 3 rings (SSSR count). The van der Waals surface area contributed by atoms with Gasteiger partial charge in [-0.3, -0.25) is 4.79 Å². The van der Waals surface area contributed by atoms with Gasteiger partial charge < -0.3 is 4.90 Å². The van der Waals surface area contributed by atoms with Gasteiger partial charge in [0, 0.05) is 19.0 Å². The Morgan fingerprint density at radius 2 is 2.00 bits per heavy atom. The molecule has 120 valence electrons. The van der Waals surface area contributed by atoms with Crippen LogP contribution in [0.5, 0.6) is 0 Å². The standard InChI is InChI=1S/C16H27NO3S/c1-2-6-17(15-5-7-21(19,20)11-15)16(18)10-14-9-12-3-4-13(14)8-12/h12-15H,2-11H2,1H3/t12-,13-,14+,15-/m0/s1. The molecule has 0 aromatic heterocycles. The lowest BCUT2D eigenvalue weighted by Gasteiger charge is -2.30. The van der Waals surface area contributed by atoms with E-state index in [4.69, 9.17) is 0 Å². The number of fused-ring (bicyclic) bond motifs is 2. The number of hydrogen-bond donors (Lipinski definition) is 0. The largest absolute Gasteiger partial charge is 0.339 e. The minimum atomic E-state index is -2.92. The summed E-state index contributed by atoms with van der Waals surface area (Å²) in [6, 6.07) is -0.0685. The average Bonchev–Trinajstić information content (AvgIpc) is 3.11. The third kappa shape index (κ3) is 3.27. The molecule has 21 heavy (non-hydrogen) atoms. The summed E-state index contributed by atoms with van der Waals surface area (Å²) in [5, 5.41) is 0. The van der Waals surface area contributed by atoms with E-state index in [0.717, 1.165) is 18.3 Å². The highest BCUT2D eigenvalue weighted by Gasteiger charge is 2.42. The fraction of sp³-hybridized carbons (Fsp3) is 0.938. The smallest absolute Gasteiger partial charge is 0.223 e. The van der Waals surface area contributed by atoms with Crippen molar-refractivity contribution in [3.05, 3.63) is 0 Å². The maximum absolute atomic E-state index is 12.7. The maximum atomic E-state index is 12.7. The van der Waals surface area contributed by atoms with Gasteiger partial charge in [-0.1, -0.05) is 13.3 Å². The Balaban J connectivity index is 1.62. The van der Waals surface area contributed by atoms with E-state index in [-0.39, 0.29) is 23.5 Å². The minimum absolute atomic E-state index is 0.0685. The van der Waals surface area contributed by atoms with E-state index in [9.17, 15) is 13.2 Å². The lowest BCUT2D eigenvalue weighted by Crippen LogP contribution is -2.42. The van der Waals surface area contributed by atoms with Crippen molar-refractivity contribution in [3.8, 4) is 0 Å². The van der Waals surface area contributed by atoms with Gasteiger partial charge in [0.15, 0.2) is 9.84 Å². The molecule has 0 aromatic rings. The van der Waals surface area contributed by atoms with Crippen molar-refractivity contribution in [1.82, 2.24) is 4.90 Å². The number of nitrogens with zero attached hydrogens (tertiary/aromatic N) is 1. The summed E-state index contributed by atoms with van der Waals surface area (Å²) >= 11 is 0. The number of hydrogen-bond acceptors (Lipinski definition) is 3. The summed E-state index contributed by atoms with van der Waals surface area (Å²) in [5.41, 5.74) is 0. The Kier molecular flexibility index (Phi) is 4.30. The van der Waals surface area contributed by atoms with Gasteiger partial charge in [0.05, 0.1) is 11.5 Å². The molecule has 1 aliphatic heterocycles. The molecule has 2 aliphatic carbocycles. The second-order valence-corrected chi connectivity index (χ2v) is 9.51. The maximum Gasteiger partial charge on any atom is 0.223 e. The van der Waals surface area contributed by atoms with E-state index in [1.165, 1.54) is 25.7 Å². The first-order valence-corrected chi connectivity index (χ1v) is 10.3. The molecule has 4 atom stereocenters. The van der Waals surface area contributed by atoms with Crippen molar-refractivity contribution >= 4 is 15.7 Å². The highest BCUT2D eigenvalue weighted by molar-refractivity contribution is 7.91. The quantitative estimate of drug-likeness (QED) is 0.782. The zero-order valence-corrected chi connectivity index (χ0v) is 13.8. The first kappa shape index (κ1) is 15.3. The Morgan fingerprint density at radius 1 is 1.19 bits per heavy atom. The van der Waals surface area contributed by atoms with E-state index in [2.05, 4.69) is 6.92 Å². The second-order valence-electron chi connectivity index (χ2n) is 7.28. The molecule has 4 nitrogen and oxygen atoms in total. The van der Waals surface area contributed by atoms with Crippen molar-refractivity contribution < 1.29 is 13.2 Å². The van der Waals surface area contributed by atoms with Crippen LogP contribution in [0.2, 0.25) is 0 Å². The zero-order valence-electron chi connectivity index (χ0n) is 13.0. The highest BCUT2D eigenvalue weighted by Crippen LogP contribution is 2.49. The van der Waals surface area contributed by atoms with Crippen molar-refractivity contribution in [2.45, 2.75) is 57.9 Å². The zero-order chi connectivity index (χ0) is 15.0. The molecular formula is C16H27NO3S. The topological polar surface area (TPSA) is 54.5 Å². The Morgan fingerprint density at radius 3 is 2.52 bits per heavy atom. The third-order valence-electron chi connectivity index (χ3n) is 5.76. The molecular weight excluding hydrogens is 286 g/mol. The monoisotopic (exact) mass is 313 g/mol. The minimum Gasteiger partial charge on any atom is -0.339 e. The first-order chi connectivity index (χ1) is 9.98.